The van der Waals surface area contributed by atoms with Crippen LogP contribution in [0.5, 0.6) is 0 Å². The van der Waals surface area contributed by atoms with E-state index in [0.717, 1.165) is 5.76 Å². The predicted molar refractivity (Wildman–Crippen MR) is 73.1 cm³/mol. The summed E-state index contributed by atoms with van der Waals surface area (Å²) in [6.07, 6.45) is 2.75. The van der Waals surface area contributed by atoms with Gasteiger partial charge in [0.05, 0.1) is 17.3 Å². The summed E-state index contributed by atoms with van der Waals surface area (Å²) in [6, 6.07) is 4.65. The number of nitro benzene ring substituents is 1. The van der Waals surface area contributed by atoms with E-state index in [0.29, 0.717) is 25.0 Å². The third-order valence-electron chi connectivity index (χ3n) is 3.03. The summed E-state index contributed by atoms with van der Waals surface area (Å²) in [5.74, 6) is -1.18. The number of rotatable bonds is 6. The van der Waals surface area contributed by atoms with Gasteiger partial charge in [0.15, 0.2) is 5.82 Å². The number of anilines is 1. The molecule has 1 aromatic heterocycles. The molecule has 112 valence electrons. The molecule has 0 saturated heterocycles. The third kappa shape index (κ3) is 3.77. The van der Waals surface area contributed by atoms with E-state index in [1.165, 1.54) is 0 Å². The fourth-order valence-corrected chi connectivity index (χ4v) is 1.98. The SMILES string of the molecule is CC(CCc1ccco1)Nc1c(F)cc(F)cc1[N+](=O)[O-]. The van der Waals surface area contributed by atoms with Crippen LogP contribution in [-0.4, -0.2) is 11.0 Å². The Morgan fingerprint density at radius 2 is 2.19 bits per heavy atom. The maximum absolute atomic E-state index is 13.7. The number of hydrogen-bond donors (Lipinski definition) is 1. The Labute approximate surface area is 119 Å². The molecule has 0 saturated carbocycles. The molecule has 1 atom stereocenters. The molecule has 0 aliphatic carbocycles. The van der Waals surface area contributed by atoms with Gasteiger partial charge in [0.2, 0.25) is 0 Å². The van der Waals surface area contributed by atoms with Gasteiger partial charge in [0, 0.05) is 18.5 Å². The van der Waals surface area contributed by atoms with Crippen LogP contribution in [0.1, 0.15) is 19.1 Å². The van der Waals surface area contributed by atoms with Crippen molar-refractivity contribution in [3.63, 3.8) is 0 Å². The van der Waals surface area contributed by atoms with Gasteiger partial charge in [-0.05, 0) is 25.5 Å². The zero-order valence-electron chi connectivity index (χ0n) is 11.3. The van der Waals surface area contributed by atoms with E-state index in [1.807, 2.05) is 6.07 Å². The minimum Gasteiger partial charge on any atom is -0.469 e. The molecule has 0 radical (unpaired) electrons. The molecule has 0 aliphatic heterocycles. The van der Waals surface area contributed by atoms with Crippen LogP contribution in [0.25, 0.3) is 0 Å². The summed E-state index contributed by atoms with van der Waals surface area (Å²) in [5, 5.41) is 13.6. The molecule has 5 nitrogen and oxygen atoms in total. The number of halogens is 2. The van der Waals surface area contributed by atoms with E-state index in [9.17, 15) is 18.9 Å². The second-order valence-corrected chi connectivity index (χ2v) is 4.70. The minimum absolute atomic E-state index is 0.242. The van der Waals surface area contributed by atoms with Gasteiger partial charge in [-0.2, -0.15) is 0 Å². The van der Waals surface area contributed by atoms with Gasteiger partial charge >= 0.3 is 0 Å². The lowest BCUT2D eigenvalue weighted by molar-refractivity contribution is -0.384. The molecule has 1 unspecified atom stereocenters. The number of aryl methyl sites for hydroxylation is 1. The minimum atomic E-state index is -0.980. The van der Waals surface area contributed by atoms with Crippen molar-refractivity contribution in [1.29, 1.82) is 0 Å². The number of furan rings is 1. The van der Waals surface area contributed by atoms with Crippen molar-refractivity contribution in [2.45, 2.75) is 25.8 Å². The van der Waals surface area contributed by atoms with Crippen LogP contribution in [0.3, 0.4) is 0 Å². The number of nitrogens with zero attached hydrogens (tertiary/aromatic N) is 1. The van der Waals surface area contributed by atoms with Crippen molar-refractivity contribution in [1.82, 2.24) is 0 Å². The topological polar surface area (TPSA) is 68.3 Å². The second-order valence-electron chi connectivity index (χ2n) is 4.70. The Balaban J connectivity index is 2.09. The Morgan fingerprint density at radius 3 is 2.81 bits per heavy atom. The summed E-state index contributed by atoms with van der Waals surface area (Å²) in [7, 11) is 0. The predicted octanol–water partition coefficient (Wildman–Crippen LogP) is 3.90. The van der Waals surface area contributed by atoms with E-state index in [2.05, 4.69) is 5.32 Å². The van der Waals surface area contributed by atoms with Crippen LogP contribution in [0.15, 0.2) is 34.9 Å². The monoisotopic (exact) mass is 296 g/mol. The summed E-state index contributed by atoms with van der Waals surface area (Å²) < 4.78 is 32.0. The van der Waals surface area contributed by atoms with E-state index in [4.69, 9.17) is 4.42 Å². The van der Waals surface area contributed by atoms with Crippen molar-refractivity contribution in [3.8, 4) is 0 Å². The zero-order chi connectivity index (χ0) is 15.4. The molecule has 0 bridgehead atoms. The van der Waals surface area contributed by atoms with Crippen molar-refractivity contribution in [2.24, 2.45) is 0 Å². The molecule has 1 N–H and O–H groups in total. The highest BCUT2D eigenvalue weighted by Gasteiger charge is 2.21. The van der Waals surface area contributed by atoms with Gasteiger partial charge in [0.25, 0.3) is 5.69 Å². The normalized spacial score (nSPS) is 12.1. The van der Waals surface area contributed by atoms with E-state index < -0.39 is 22.2 Å². The van der Waals surface area contributed by atoms with Crippen LogP contribution in [0, 0.1) is 21.7 Å². The van der Waals surface area contributed by atoms with Gasteiger partial charge in [0.1, 0.15) is 17.3 Å². The third-order valence-corrected chi connectivity index (χ3v) is 3.03. The van der Waals surface area contributed by atoms with Gasteiger partial charge in [-0.25, -0.2) is 8.78 Å². The van der Waals surface area contributed by atoms with E-state index in [-0.39, 0.29) is 11.7 Å². The first kappa shape index (κ1) is 15.0. The lowest BCUT2D eigenvalue weighted by atomic mass is 10.1. The van der Waals surface area contributed by atoms with Crippen molar-refractivity contribution >= 4 is 11.4 Å². The quantitative estimate of drug-likeness (QED) is 0.648. The molecule has 0 amide bonds. The summed E-state index contributed by atoms with van der Waals surface area (Å²) in [6.45, 7) is 1.76. The molecular formula is C14H14F2N2O3. The molecule has 1 heterocycles. The van der Waals surface area contributed by atoms with Crippen LogP contribution < -0.4 is 5.32 Å². The molecule has 1 aromatic carbocycles. The summed E-state index contributed by atoms with van der Waals surface area (Å²) in [5.41, 5.74) is -0.911. The summed E-state index contributed by atoms with van der Waals surface area (Å²) in [4.78, 5) is 10.1. The molecule has 21 heavy (non-hydrogen) atoms. The van der Waals surface area contributed by atoms with Gasteiger partial charge in [-0.15, -0.1) is 0 Å². The fourth-order valence-electron chi connectivity index (χ4n) is 1.98. The molecule has 0 spiro atoms. The largest absolute Gasteiger partial charge is 0.469 e. The number of hydrogen-bond acceptors (Lipinski definition) is 4. The Bertz CT molecular complexity index is 629. The Kier molecular flexibility index (Phi) is 4.52. The van der Waals surface area contributed by atoms with Crippen molar-refractivity contribution < 1.29 is 18.1 Å². The van der Waals surface area contributed by atoms with Crippen LogP contribution in [-0.2, 0) is 6.42 Å². The fraction of sp³-hybridized carbons (Fsp3) is 0.286. The standard InChI is InChI=1S/C14H14F2N2O3/c1-9(4-5-11-3-2-6-21-11)17-14-12(16)7-10(15)8-13(14)18(19)20/h2-3,6-9,17H,4-5H2,1H3. The zero-order valence-corrected chi connectivity index (χ0v) is 11.3. The Morgan fingerprint density at radius 1 is 1.43 bits per heavy atom. The average molecular weight is 296 g/mol. The molecule has 2 rings (SSSR count). The first-order valence-electron chi connectivity index (χ1n) is 6.39. The van der Waals surface area contributed by atoms with E-state index >= 15 is 0 Å². The lowest BCUT2D eigenvalue weighted by Gasteiger charge is -2.15. The second kappa shape index (κ2) is 6.34. The molecule has 7 heteroatoms. The van der Waals surface area contributed by atoms with Gasteiger partial charge in [-0.1, -0.05) is 0 Å². The Hall–Kier alpha value is -2.44. The van der Waals surface area contributed by atoms with Crippen LogP contribution in [0.2, 0.25) is 0 Å². The first-order valence-corrected chi connectivity index (χ1v) is 6.39. The molecule has 2 aromatic rings. The lowest BCUT2D eigenvalue weighted by Crippen LogP contribution is -2.18. The smallest absolute Gasteiger partial charge is 0.298 e. The number of nitro groups is 1. The molecular weight excluding hydrogens is 282 g/mol. The first-order chi connectivity index (χ1) is 9.97. The average Bonchev–Trinajstić information content (AvgIpc) is 2.92. The summed E-state index contributed by atoms with van der Waals surface area (Å²) >= 11 is 0. The highest BCUT2D eigenvalue weighted by molar-refractivity contribution is 5.62. The van der Waals surface area contributed by atoms with Crippen molar-refractivity contribution in [3.05, 3.63) is 58.0 Å². The maximum Gasteiger partial charge on any atom is 0.298 e. The van der Waals surface area contributed by atoms with Crippen LogP contribution >= 0.6 is 0 Å². The van der Waals surface area contributed by atoms with Crippen molar-refractivity contribution in [2.75, 3.05) is 5.32 Å². The van der Waals surface area contributed by atoms with E-state index in [1.54, 1.807) is 19.3 Å². The highest BCUT2D eigenvalue weighted by Crippen LogP contribution is 2.29. The van der Waals surface area contributed by atoms with Crippen LogP contribution in [0.4, 0.5) is 20.2 Å². The molecule has 0 aliphatic rings. The number of benzene rings is 1. The number of nitrogens with one attached hydrogen (secondary N) is 1. The molecule has 0 fully saturated rings. The van der Waals surface area contributed by atoms with Gasteiger partial charge < -0.3 is 9.73 Å². The maximum atomic E-state index is 13.7. The highest BCUT2D eigenvalue weighted by atomic mass is 19.1. The van der Waals surface area contributed by atoms with Gasteiger partial charge in [-0.3, -0.25) is 10.1 Å².